The van der Waals surface area contributed by atoms with Crippen molar-refractivity contribution in [2.45, 2.75) is 69.4 Å². The average Bonchev–Trinajstić information content (AvgIpc) is 2.98. The van der Waals surface area contributed by atoms with Crippen LogP contribution in [-0.4, -0.2) is 46.8 Å². The van der Waals surface area contributed by atoms with Crippen LogP contribution < -0.4 is 5.32 Å². The Morgan fingerprint density at radius 3 is 2.76 bits per heavy atom. The molecule has 2 heterocycles. The van der Waals surface area contributed by atoms with E-state index in [1.165, 1.54) is 19.3 Å². The van der Waals surface area contributed by atoms with Crippen molar-refractivity contribution in [1.82, 2.24) is 15.1 Å². The summed E-state index contributed by atoms with van der Waals surface area (Å²) in [6, 6.07) is 7.70. The van der Waals surface area contributed by atoms with Crippen molar-refractivity contribution in [3.8, 4) is 0 Å². The minimum absolute atomic E-state index is 0.0776. The zero-order valence-electron chi connectivity index (χ0n) is 16.9. The lowest BCUT2D eigenvalue weighted by atomic mass is 9.76. The highest BCUT2D eigenvalue weighted by molar-refractivity contribution is 6.09. The van der Waals surface area contributed by atoms with Crippen LogP contribution in [0.25, 0.3) is 0 Å². The Labute approximate surface area is 171 Å². The monoisotopic (exact) mass is 395 g/mol. The highest BCUT2D eigenvalue weighted by Crippen LogP contribution is 2.40. The van der Waals surface area contributed by atoms with E-state index in [-0.39, 0.29) is 24.4 Å². The zero-order valence-corrected chi connectivity index (χ0v) is 16.9. The van der Waals surface area contributed by atoms with Gasteiger partial charge in [0.1, 0.15) is 12.1 Å². The lowest BCUT2D eigenvalue weighted by Gasteiger charge is -2.44. The van der Waals surface area contributed by atoms with E-state index in [1.807, 2.05) is 29.2 Å². The number of benzene rings is 1. The Bertz CT molecular complexity index is 852. The fourth-order valence-corrected chi connectivity index (χ4v) is 6.12. The maximum atomic E-state index is 13.4. The number of aryl methyl sites for hydroxylation is 1. The second kappa shape index (κ2) is 7.15. The van der Waals surface area contributed by atoms with E-state index >= 15 is 0 Å². The summed E-state index contributed by atoms with van der Waals surface area (Å²) in [5.74, 6) is 0.243. The summed E-state index contributed by atoms with van der Waals surface area (Å²) in [7, 11) is 0. The first-order chi connectivity index (χ1) is 14.1. The molecule has 2 aliphatic heterocycles. The van der Waals surface area contributed by atoms with Crippen LogP contribution in [0.1, 0.15) is 62.5 Å². The molecule has 0 bridgehead atoms. The van der Waals surface area contributed by atoms with E-state index in [2.05, 4.69) is 5.32 Å². The SMILES string of the molecule is O=C1N[C@@]2(CCCc3ccccc32)C(=O)N1CC(=O)N1CCC[C@H]2CCCC[C@@H]21. The van der Waals surface area contributed by atoms with Crippen LogP contribution in [0.2, 0.25) is 0 Å². The topological polar surface area (TPSA) is 69.7 Å². The van der Waals surface area contributed by atoms with Gasteiger partial charge in [-0.25, -0.2) is 4.79 Å². The van der Waals surface area contributed by atoms with Crippen molar-refractivity contribution in [2.75, 3.05) is 13.1 Å². The largest absolute Gasteiger partial charge is 0.338 e. The van der Waals surface area contributed by atoms with Crippen LogP contribution in [-0.2, 0) is 21.5 Å². The minimum atomic E-state index is -0.999. The number of piperidine rings is 1. The van der Waals surface area contributed by atoms with Crippen molar-refractivity contribution in [1.29, 1.82) is 0 Å². The second-order valence-corrected chi connectivity index (χ2v) is 9.08. The van der Waals surface area contributed by atoms with Crippen molar-refractivity contribution in [3.63, 3.8) is 0 Å². The molecule has 0 radical (unpaired) electrons. The molecule has 1 saturated carbocycles. The van der Waals surface area contributed by atoms with Gasteiger partial charge < -0.3 is 10.2 Å². The number of imide groups is 1. The van der Waals surface area contributed by atoms with Gasteiger partial charge >= 0.3 is 6.03 Å². The molecule has 4 aliphatic rings. The number of likely N-dealkylation sites (tertiary alicyclic amines) is 1. The number of urea groups is 1. The van der Waals surface area contributed by atoms with Crippen molar-refractivity contribution >= 4 is 17.8 Å². The third-order valence-electron chi connectivity index (χ3n) is 7.51. The fourth-order valence-electron chi connectivity index (χ4n) is 6.12. The van der Waals surface area contributed by atoms with Gasteiger partial charge in [-0.15, -0.1) is 0 Å². The summed E-state index contributed by atoms with van der Waals surface area (Å²) in [6.45, 7) is 0.607. The summed E-state index contributed by atoms with van der Waals surface area (Å²) < 4.78 is 0. The highest BCUT2D eigenvalue weighted by Gasteiger charge is 2.54. The molecule has 1 N–H and O–H groups in total. The summed E-state index contributed by atoms with van der Waals surface area (Å²) in [4.78, 5) is 42.5. The summed E-state index contributed by atoms with van der Waals surface area (Å²) in [5.41, 5.74) is 1.01. The van der Waals surface area contributed by atoms with Crippen LogP contribution in [0.5, 0.6) is 0 Å². The first-order valence-electron chi connectivity index (χ1n) is 11.1. The Kier molecular flexibility index (Phi) is 4.60. The molecular formula is C23H29N3O3. The lowest BCUT2D eigenvalue weighted by molar-refractivity contribution is -0.143. The maximum Gasteiger partial charge on any atom is 0.325 e. The van der Waals surface area contributed by atoms with Crippen molar-refractivity contribution in [3.05, 3.63) is 35.4 Å². The molecule has 3 fully saturated rings. The van der Waals surface area contributed by atoms with E-state index in [0.29, 0.717) is 12.3 Å². The molecule has 4 amide bonds. The normalized spacial score (nSPS) is 31.4. The maximum absolute atomic E-state index is 13.4. The molecule has 1 aromatic rings. The molecule has 29 heavy (non-hydrogen) atoms. The molecule has 154 valence electrons. The molecule has 6 nitrogen and oxygen atoms in total. The first-order valence-corrected chi connectivity index (χ1v) is 11.1. The fraction of sp³-hybridized carbons (Fsp3) is 0.609. The number of nitrogens with zero attached hydrogens (tertiary/aromatic N) is 2. The number of hydrogen-bond acceptors (Lipinski definition) is 3. The van der Waals surface area contributed by atoms with Gasteiger partial charge in [0.05, 0.1) is 0 Å². The smallest absolute Gasteiger partial charge is 0.325 e. The van der Waals surface area contributed by atoms with E-state index in [4.69, 9.17) is 0 Å². The number of rotatable bonds is 2. The van der Waals surface area contributed by atoms with Gasteiger partial charge in [0.2, 0.25) is 5.91 Å². The summed E-state index contributed by atoms with van der Waals surface area (Å²) in [5, 5.41) is 2.96. The van der Waals surface area contributed by atoms with Crippen molar-refractivity contribution < 1.29 is 14.4 Å². The molecule has 3 atom stereocenters. The Morgan fingerprint density at radius 2 is 1.86 bits per heavy atom. The molecule has 2 saturated heterocycles. The van der Waals surface area contributed by atoms with Gasteiger partial charge in [-0.05, 0) is 62.0 Å². The second-order valence-electron chi connectivity index (χ2n) is 9.08. The van der Waals surface area contributed by atoms with E-state index in [9.17, 15) is 14.4 Å². The Balaban J connectivity index is 1.37. The van der Waals surface area contributed by atoms with Gasteiger partial charge in [-0.3, -0.25) is 14.5 Å². The number of carbonyl (C=O) groups is 3. The third-order valence-corrected chi connectivity index (χ3v) is 7.51. The Morgan fingerprint density at radius 1 is 1.07 bits per heavy atom. The molecule has 0 unspecified atom stereocenters. The standard InChI is InChI=1S/C23H29N3O3/c27-20(25-14-6-10-17-8-2-4-12-19(17)25)15-26-21(28)23(24-22(26)29)13-5-9-16-7-1-3-11-18(16)23/h1,3,7,11,17,19H,2,4-6,8-10,12-15H2,(H,24,29)/t17-,19+,23-/m1/s1. The zero-order chi connectivity index (χ0) is 20.0. The number of hydrogen-bond donors (Lipinski definition) is 1. The van der Waals surface area contributed by atoms with Crippen molar-refractivity contribution in [2.24, 2.45) is 5.92 Å². The van der Waals surface area contributed by atoms with Gasteiger partial charge in [0, 0.05) is 12.6 Å². The lowest BCUT2D eigenvalue weighted by Crippen LogP contribution is -2.53. The molecule has 6 heteroatoms. The van der Waals surface area contributed by atoms with Gasteiger partial charge in [-0.2, -0.15) is 0 Å². The Hall–Kier alpha value is -2.37. The minimum Gasteiger partial charge on any atom is -0.338 e. The number of carbonyl (C=O) groups excluding carboxylic acids is 3. The van der Waals surface area contributed by atoms with Gasteiger partial charge in [0.15, 0.2) is 0 Å². The molecule has 1 aromatic carbocycles. The predicted octanol–water partition coefficient (Wildman–Crippen LogP) is 2.95. The van der Waals surface area contributed by atoms with Gasteiger partial charge in [0.25, 0.3) is 5.91 Å². The van der Waals surface area contributed by atoms with Gasteiger partial charge in [-0.1, -0.05) is 37.1 Å². The van der Waals surface area contributed by atoms with E-state index in [1.54, 1.807) is 0 Å². The number of fused-ring (bicyclic) bond motifs is 3. The van der Waals surface area contributed by atoms with E-state index in [0.717, 1.165) is 54.7 Å². The highest BCUT2D eigenvalue weighted by atomic mass is 16.2. The molecule has 5 rings (SSSR count). The summed E-state index contributed by atoms with van der Waals surface area (Å²) in [6.07, 6.45) is 9.21. The van der Waals surface area contributed by atoms with Crippen LogP contribution >= 0.6 is 0 Å². The third kappa shape index (κ3) is 2.95. The molecule has 0 aromatic heterocycles. The number of nitrogens with one attached hydrogen (secondary N) is 1. The van der Waals surface area contributed by atoms with E-state index < -0.39 is 11.6 Å². The van der Waals surface area contributed by atoms with Crippen LogP contribution in [0.15, 0.2) is 24.3 Å². The molecule has 2 aliphatic carbocycles. The quantitative estimate of drug-likeness (QED) is 0.783. The average molecular weight is 396 g/mol. The summed E-state index contributed by atoms with van der Waals surface area (Å²) >= 11 is 0. The van der Waals surface area contributed by atoms with Crippen LogP contribution in [0, 0.1) is 5.92 Å². The molecular weight excluding hydrogens is 366 g/mol. The van der Waals surface area contributed by atoms with Crippen LogP contribution in [0.4, 0.5) is 4.79 Å². The number of amides is 4. The first kappa shape index (κ1) is 18.6. The van der Waals surface area contributed by atoms with Crippen LogP contribution in [0.3, 0.4) is 0 Å². The predicted molar refractivity (Wildman–Crippen MR) is 108 cm³/mol. The molecule has 1 spiro atoms.